The molecule has 1 aliphatic rings. The molecule has 0 N–H and O–H groups in total. The van der Waals surface area contributed by atoms with Gasteiger partial charge in [-0.05, 0) is 37.0 Å². The Morgan fingerprint density at radius 3 is 2.61 bits per heavy atom. The van der Waals surface area contributed by atoms with Crippen molar-refractivity contribution in [1.82, 2.24) is 4.90 Å². The highest BCUT2D eigenvalue weighted by atomic mass is 32.2. The zero-order valence-corrected chi connectivity index (χ0v) is 12.6. The van der Waals surface area contributed by atoms with E-state index in [1.165, 1.54) is 23.3 Å². The summed E-state index contributed by atoms with van der Waals surface area (Å²) in [6, 6.07) is 10.7. The molecule has 0 aromatic heterocycles. The van der Waals surface area contributed by atoms with E-state index in [0.717, 1.165) is 19.6 Å². The van der Waals surface area contributed by atoms with Gasteiger partial charge in [-0.25, -0.2) is 10.7 Å². The van der Waals surface area contributed by atoms with Crippen LogP contribution in [0.15, 0.2) is 46.0 Å². The Morgan fingerprint density at radius 1 is 1.22 bits per heavy atom. The van der Waals surface area contributed by atoms with Gasteiger partial charge in [0.15, 0.2) is 0 Å². The van der Waals surface area contributed by atoms with Gasteiger partial charge in [0.1, 0.15) is 0 Å². The summed E-state index contributed by atoms with van der Waals surface area (Å²) in [7, 11) is -0.521. The fraction of sp³-hybridized carbons (Fsp3) is 0.467. The Balaban J connectivity index is 2.04. The molecule has 100 valence electrons. The minimum absolute atomic E-state index is 0.521. The summed E-state index contributed by atoms with van der Waals surface area (Å²) in [6.45, 7) is 5.47. The van der Waals surface area contributed by atoms with E-state index in [2.05, 4.69) is 54.7 Å². The van der Waals surface area contributed by atoms with E-state index in [9.17, 15) is 0 Å². The average molecular weight is 264 g/mol. The van der Waals surface area contributed by atoms with Gasteiger partial charge in [-0.15, -0.1) is 0 Å². The summed E-state index contributed by atoms with van der Waals surface area (Å²) < 4.78 is 4.85. The Kier molecular flexibility index (Phi) is 4.72. The van der Waals surface area contributed by atoms with Gasteiger partial charge in [0, 0.05) is 19.6 Å². The number of hydrogen-bond acceptors (Lipinski definition) is 2. The first-order valence-electron chi connectivity index (χ1n) is 6.62. The van der Waals surface area contributed by atoms with Crippen molar-refractivity contribution in [3.8, 4) is 0 Å². The number of rotatable bonds is 3. The van der Waals surface area contributed by atoms with E-state index < -0.39 is 10.7 Å². The topological polar surface area (TPSA) is 15.6 Å². The molecule has 0 fully saturated rings. The first-order valence-corrected chi connectivity index (χ1v) is 9.06. The maximum atomic E-state index is 4.85. The van der Waals surface area contributed by atoms with Crippen molar-refractivity contribution in [3.63, 3.8) is 0 Å². The molecule has 0 saturated heterocycles. The molecule has 1 aliphatic heterocycles. The molecule has 1 heterocycles. The maximum absolute atomic E-state index is 4.85. The molecule has 2 nitrogen and oxygen atoms in total. The van der Waals surface area contributed by atoms with Crippen LogP contribution < -0.4 is 0 Å². The smallest absolute Gasteiger partial charge is 0.0584 e. The van der Waals surface area contributed by atoms with E-state index >= 15 is 0 Å². The molecule has 0 saturated carbocycles. The second-order valence-electron chi connectivity index (χ2n) is 5.23. The summed E-state index contributed by atoms with van der Waals surface area (Å²) >= 11 is 0. The number of benzene rings is 1. The molecule has 1 aromatic carbocycles. The molecule has 0 unspecified atom stereocenters. The Hall–Kier alpha value is -0.930. The van der Waals surface area contributed by atoms with Crippen LogP contribution in [0.1, 0.15) is 18.9 Å². The van der Waals surface area contributed by atoms with Gasteiger partial charge < -0.3 is 0 Å². The SMILES string of the molecule is CC1=C(N=[SH2](C)C)CN(Cc2ccccc2)CC1. The fourth-order valence-electron chi connectivity index (χ4n) is 2.27. The van der Waals surface area contributed by atoms with E-state index in [-0.39, 0.29) is 0 Å². The van der Waals surface area contributed by atoms with Crippen molar-refractivity contribution in [1.29, 1.82) is 0 Å². The molecule has 0 aliphatic carbocycles. The van der Waals surface area contributed by atoms with Crippen LogP contribution in [0.4, 0.5) is 0 Å². The Morgan fingerprint density at radius 2 is 1.94 bits per heavy atom. The molecule has 2 rings (SSSR count). The molecule has 0 atom stereocenters. The summed E-state index contributed by atoms with van der Waals surface area (Å²) in [4.78, 5) is 2.51. The zero-order chi connectivity index (χ0) is 13.0. The second-order valence-corrected chi connectivity index (χ2v) is 7.35. The lowest BCUT2D eigenvalue weighted by Gasteiger charge is -2.28. The van der Waals surface area contributed by atoms with Crippen molar-refractivity contribution >= 4 is 10.7 Å². The van der Waals surface area contributed by atoms with Crippen molar-refractivity contribution < 1.29 is 0 Å². The summed E-state index contributed by atoms with van der Waals surface area (Å²) in [6.07, 6.45) is 5.67. The van der Waals surface area contributed by atoms with Crippen LogP contribution in [-0.4, -0.2) is 30.5 Å². The first kappa shape index (κ1) is 13.5. The van der Waals surface area contributed by atoms with Crippen molar-refractivity contribution in [3.05, 3.63) is 47.2 Å². The van der Waals surface area contributed by atoms with Crippen molar-refractivity contribution in [2.24, 2.45) is 4.36 Å². The van der Waals surface area contributed by atoms with Crippen LogP contribution >= 0.6 is 0 Å². The van der Waals surface area contributed by atoms with E-state index in [1.54, 1.807) is 0 Å². The highest BCUT2D eigenvalue weighted by molar-refractivity contribution is 7.85. The highest BCUT2D eigenvalue weighted by Crippen LogP contribution is 2.20. The van der Waals surface area contributed by atoms with Gasteiger partial charge >= 0.3 is 0 Å². The lowest BCUT2D eigenvalue weighted by atomic mass is 10.1. The predicted molar refractivity (Wildman–Crippen MR) is 83.5 cm³/mol. The Bertz CT molecular complexity index is 459. The fourth-order valence-corrected chi connectivity index (χ4v) is 3.07. The second kappa shape index (κ2) is 6.30. The number of nitrogens with zero attached hydrogens (tertiary/aromatic N) is 2. The zero-order valence-electron chi connectivity index (χ0n) is 11.6. The van der Waals surface area contributed by atoms with E-state index in [1.807, 2.05) is 0 Å². The average Bonchev–Trinajstić information content (AvgIpc) is 2.34. The van der Waals surface area contributed by atoms with Crippen LogP contribution in [0.25, 0.3) is 0 Å². The lowest BCUT2D eigenvalue weighted by Crippen LogP contribution is -2.30. The lowest BCUT2D eigenvalue weighted by molar-refractivity contribution is 0.276. The molecular weight excluding hydrogens is 240 g/mol. The molecule has 1 aromatic rings. The van der Waals surface area contributed by atoms with Crippen LogP contribution in [0.3, 0.4) is 0 Å². The minimum atomic E-state index is -0.521. The third-order valence-corrected chi connectivity index (χ3v) is 3.99. The standard InChI is InChI=1S/C15H24N2S/c1-13-9-10-17(12-15(13)16-18(2)3)11-14-7-5-4-6-8-14/h4-8H,9-12,18H2,1-3H3. The van der Waals surface area contributed by atoms with Crippen LogP contribution in [0.5, 0.6) is 0 Å². The van der Waals surface area contributed by atoms with Crippen molar-refractivity contribution in [2.45, 2.75) is 19.9 Å². The first-order chi connectivity index (χ1) is 8.65. The molecule has 3 heteroatoms. The van der Waals surface area contributed by atoms with E-state index in [0.29, 0.717) is 0 Å². The monoisotopic (exact) mass is 264 g/mol. The van der Waals surface area contributed by atoms with Crippen molar-refractivity contribution in [2.75, 3.05) is 25.6 Å². The Labute approximate surface area is 113 Å². The van der Waals surface area contributed by atoms with Crippen LogP contribution in [0, 0.1) is 0 Å². The predicted octanol–water partition coefficient (Wildman–Crippen LogP) is 2.69. The molecule has 18 heavy (non-hydrogen) atoms. The van der Waals surface area contributed by atoms with Gasteiger partial charge in [-0.3, -0.25) is 9.26 Å². The molecule has 0 radical (unpaired) electrons. The molecular formula is C15H24N2S. The third-order valence-electron chi connectivity index (χ3n) is 3.28. The minimum Gasteiger partial charge on any atom is -0.293 e. The van der Waals surface area contributed by atoms with Gasteiger partial charge in [0.2, 0.25) is 0 Å². The van der Waals surface area contributed by atoms with Crippen LogP contribution in [0.2, 0.25) is 0 Å². The summed E-state index contributed by atoms with van der Waals surface area (Å²) in [5.41, 5.74) is 4.23. The normalized spacial score (nSPS) is 17.8. The van der Waals surface area contributed by atoms with Gasteiger partial charge in [0.25, 0.3) is 0 Å². The molecule has 0 spiro atoms. The molecule has 0 bridgehead atoms. The van der Waals surface area contributed by atoms with Gasteiger partial charge in [-0.2, -0.15) is 0 Å². The third kappa shape index (κ3) is 3.79. The largest absolute Gasteiger partial charge is 0.293 e. The summed E-state index contributed by atoms with van der Waals surface area (Å²) in [5.74, 6) is 0. The van der Waals surface area contributed by atoms with Gasteiger partial charge in [-0.1, -0.05) is 30.3 Å². The molecule has 0 amide bonds. The highest BCUT2D eigenvalue weighted by Gasteiger charge is 2.16. The number of hydrogen-bond donors (Lipinski definition) is 0. The van der Waals surface area contributed by atoms with Gasteiger partial charge in [0.05, 0.1) is 5.70 Å². The summed E-state index contributed by atoms with van der Waals surface area (Å²) in [5, 5.41) is 0. The maximum Gasteiger partial charge on any atom is 0.0584 e. The quantitative estimate of drug-likeness (QED) is 0.819. The van der Waals surface area contributed by atoms with Crippen LogP contribution in [-0.2, 0) is 17.2 Å². The van der Waals surface area contributed by atoms with E-state index in [4.69, 9.17) is 4.36 Å².